The van der Waals surface area contributed by atoms with Crippen molar-refractivity contribution in [3.63, 3.8) is 0 Å². The summed E-state index contributed by atoms with van der Waals surface area (Å²) in [4.78, 5) is 6.24. The van der Waals surface area contributed by atoms with E-state index in [-0.39, 0.29) is 0 Å². The van der Waals surface area contributed by atoms with Crippen LogP contribution in [0.4, 0.5) is 0 Å². The fraction of sp³-hybridized carbons (Fsp3) is 0.357. The molecule has 3 heteroatoms. The molecule has 1 aromatic carbocycles. The zero-order valence-electron chi connectivity index (χ0n) is 9.90. The Morgan fingerprint density at radius 2 is 2.00 bits per heavy atom. The molecule has 2 aromatic rings. The van der Waals surface area contributed by atoms with E-state index < -0.39 is 0 Å². The number of ether oxygens (including phenoxy) is 1. The van der Waals surface area contributed by atoms with Crippen LogP contribution in [-0.4, -0.2) is 12.1 Å². The molecule has 1 aromatic heterocycles. The van der Waals surface area contributed by atoms with Crippen LogP contribution in [0.15, 0.2) is 24.3 Å². The summed E-state index contributed by atoms with van der Waals surface area (Å²) in [5.41, 5.74) is 2.43. The minimum atomic E-state index is 0.915. The van der Waals surface area contributed by atoms with Gasteiger partial charge in [-0.3, -0.25) is 0 Å². The Hall–Kier alpha value is -1.35. The SMILES string of the molecule is COc1ccccc1-c1nc2c(s1)CCCC2. The molecule has 1 aliphatic carbocycles. The normalized spacial score (nSPS) is 14.4. The number of rotatable bonds is 2. The molecule has 0 atom stereocenters. The van der Waals surface area contributed by atoms with Crippen LogP contribution in [0.1, 0.15) is 23.4 Å². The lowest BCUT2D eigenvalue weighted by Gasteiger charge is -2.06. The van der Waals surface area contributed by atoms with Crippen molar-refractivity contribution in [3.8, 4) is 16.3 Å². The molecule has 0 amide bonds. The van der Waals surface area contributed by atoms with Crippen LogP contribution in [0.25, 0.3) is 10.6 Å². The number of aryl methyl sites for hydroxylation is 2. The van der Waals surface area contributed by atoms with Crippen molar-refractivity contribution in [1.29, 1.82) is 0 Å². The molecule has 0 aliphatic heterocycles. The minimum absolute atomic E-state index is 0.915. The molecular formula is C14H15NOS. The van der Waals surface area contributed by atoms with Gasteiger partial charge in [-0.15, -0.1) is 11.3 Å². The van der Waals surface area contributed by atoms with Crippen molar-refractivity contribution in [1.82, 2.24) is 4.98 Å². The molecule has 0 unspecified atom stereocenters. The Bertz CT molecular complexity index is 509. The third kappa shape index (κ3) is 1.95. The average Bonchev–Trinajstić information content (AvgIpc) is 2.82. The van der Waals surface area contributed by atoms with Crippen LogP contribution in [0.2, 0.25) is 0 Å². The second-order valence-corrected chi connectivity index (χ2v) is 5.38. The summed E-state index contributed by atoms with van der Waals surface area (Å²) in [6.45, 7) is 0. The van der Waals surface area contributed by atoms with Crippen LogP contribution < -0.4 is 4.74 Å². The molecule has 88 valence electrons. The van der Waals surface area contributed by atoms with E-state index in [9.17, 15) is 0 Å². The summed E-state index contributed by atoms with van der Waals surface area (Å²) in [5.74, 6) is 0.915. The maximum atomic E-state index is 5.40. The number of thiazole rings is 1. The van der Waals surface area contributed by atoms with Gasteiger partial charge in [0.1, 0.15) is 10.8 Å². The van der Waals surface area contributed by atoms with E-state index in [4.69, 9.17) is 9.72 Å². The Balaban J connectivity index is 2.06. The van der Waals surface area contributed by atoms with Gasteiger partial charge in [-0.2, -0.15) is 0 Å². The lowest BCUT2D eigenvalue weighted by molar-refractivity contribution is 0.416. The smallest absolute Gasteiger partial charge is 0.129 e. The Morgan fingerprint density at radius 3 is 2.82 bits per heavy atom. The first kappa shape index (κ1) is 10.8. The van der Waals surface area contributed by atoms with Crippen molar-refractivity contribution in [3.05, 3.63) is 34.8 Å². The van der Waals surface area contributed by atoms with Crippen LogP contribution in [0.5, 0.6) is 5.75 Å². The molecule has 3 rings (SSSR count). The average molecular weight is 245 g/mol. The quantitative estimate of drug-likeness (QED) is 0.805. The summed E-state index contributed by atoms with van der Waals surface area (Å²) in [6.07, 6.45) is 4.92. The molecule has 0 saturated carbocycles. The molecule has 0 spiro atoms. The molecule has 0 fully saturated rings. The van der Waals surface area contributed by atoms with E-state index in [1.807, 2.05) is 29.5 Å². The van der Waals surface area contributed by atoms with Crippen molar-refractivity contribution in [2.75, 3.05) is 7.11 Å². The number of nitrogens with zero attached hydrogens (tertiary/aromatic N) is 1. The molecule has 0 saturated heterocycles. The van der Waals surface area contributed by atoms with Gasteiger partial charge >= 0.3 is 0 Å². The Morgan fingerprint density at radius 1 is 1.18 bits per heavy atom. The monoisotopic (exact) mass is 245 g/mol. The number of benzene rings is 1. The minimum Gasteiger partial charge on any atom is -0.496 e. The highest BCUT2D eigenvalue weighted by atomic mass is 32.1. The summed E-state index contributed by atoms with van der Waals surface area (Å²) >= 11 is 1.83. The molecule has 0 bridgehead atoms. The molecule has 0 radical (unpaired) electrons. The highest BCUT2D eigenvalue weighted by molar-refractivity contribution is 7.15. The van der Waals surface area contributed by atoms with Gasteiger partial charge in [-0.1, -0.05) is 12.1 Å². The van der Waals surface area contributed by atoms with Crippen molar-refractivity contribution >= 4 is 11.3 Å². The van der Waals surface area contributed by atoms with Crippen LogP contribution >= 0.6 is 11.3 Å². The highest BCUT2D eigenvalue weighted by Crippen LogP contribution is 2.36. The first-order valence-corrected chi connectivity index (χ1v) is 6.82. The number of aromatic nitrogens is 1. The van der Waals surface area contributed by atoms with E-state index in [0.717, 1.165) is 22.7 Å². The Labute approximate surface area is 105 Å². The van der Waals surface area contributed by atoms with Gasteiger partial charge in [-0.25, -0.2) is 4.98 Å². The topological polar surface area (TPSA) is 22.1 Å². The van der Waals surface area contributed by atoms with Gasteiger partial charge < -0.3 is 4.74 Å². The zero-order valence-corrected chi connectivity index (χ0v) is 10.7. The number of methoxy groups -OCH3 is 1. The van der Waals surface area contributed by atoms with Gasteiger partial charge in [0, 0.05) is 4.88 Å². The van der Waals surface area contributed by atoms with Gasteiger partial charge in [0.15, 0.2) is 0 Å². The van der Waals surface area contributed by atoms with Crippen LogP contribution in [0, 0.1) is 0 Å². The first-order chi connectivity index (χ1) is 8.38. The van der Waals surface area contributed by atoms with Crippen molar-refractivity contribution in [2.45, 2.75) is 25.7 Å². The summed E-state index contributed by atoms with van der Waals surface area (Å²) < 4.78 is 5.40. The van der Waals surface area contributed by atoms with E-state index in [1.54, 1.807) is 7.11 Å². The number of hydrogen-bond acceptors (Lipinski definition) is 3. The highest BCUT2D eigenvalue weighted by Gasteiger charge is 2.17. The molecule has 1 aliphatic rings. The second-order valence-electron chi connectivity index (χ2n) is 4.30. The van der Waals surface area contributed by atoms with Gasteiger partial charge in [0.05, 0.1) is 18.4 Å². The van der Waals surface area contributed by atoms with Crippen LogP contribution in [0.3, 0.4) is 0 Å². The maximum absolute atomic E-state index is 5.40. The second kappa shape index (κ2) is 4.49. The van der Waals surface area contributed by atoms with E-state index in [1.165, 1.54) is 29.8 Å². The van der Waals surface area contributed by atoms with E-state index >= 15 is 0 Å². The summed E-state index contributed by atoms with van der Waals surface area (Å²) in [7, 11) is 1.71. The molecule has 17 heavy (non-hydrogen) atoms. The fourth-order valence-corrected chi connectivity index (χ4v) is 3.47. The Kier molecular flexibility index (Phi) is 2.85. The maximum Gasteiger partial charge on any atom is 0.129 e. The predicted molar refractivity (Wildman–Crippen MR) is 70.7 cm³/mol. The van der Waals surface area contributed by atoms with E-state index in [2.05, 4.69) is 6.07 Å². The standard InChI is InChI=1S/C14H15NOS/c1-16-12-8-4-2-6-10(12)14-15-11-7-3-5-9-13(11)17-14/h2,4,6,8H,3,5,7,9H2,1H3. The lowest BCUT2D eigenvalue weighted by atomic mass is 10.0. The van der Waals surface area contributed by atoms with Crippen molar-refractivity contribution < 1.29 is 4.74 Å². The van der Waals surface area contributed by atoms with Gasteiger partial charge in [0.25, 0.3) is 0 Å². The molecule has 1 heterocycles. The largest absolute Gasteiger partial charge is 0.496 e. The first-order valence-electron chi connectivity index (χ1n) is 6.00. The van der Waals surface area contributed by atoms with Crippen molar-refractivity contribution in [2.24, 2.45) is 0 Å². The predicted octanol–water partition coefficient (Wildman–Crippen LogP) is 3.70. The number of fused-ring (bicyclic) bond motifs is 1. The van der Waals surface area contributed by atoms with E-state index in [0.29, 0.717) is 0 Å². The third-order valence-corrected chi connectivity index (χ3v) is 4.37. The molecular weight excluding hydrogens is 230 g/mol. The fourth-order valence-electron chi connectivity index (χ4n) is 2.29. The number of para-hydroxylation sites is 1. The summed E-state index contributed by atoms with van der Waals surface area (Å²) in [5, 5.41) is 1.11. The lowest BCUT2D eigenvalue weighted by Crippen LogP contribution is -1.98. The zero-order chi connectivity index (χ0) is 11.7. The van der Waals surface area contributed by atoms with Gasteiger partial charge in [-0.05, 0) is 37.8 Å². The number of hydrogen-bond donors (Lipinski definition) is 0. The van der Waals surface area contributed by atoms with Crippen LogP contribution in [-0.2, 0) is 12.8 Å². The summed E-state index contributed by atoms with van der Waals surface area (Å²) in [6, 6.07) is 8.12. The molecule has 2 nitrogen and oxygen atoms in total. The molecule has 0 N–H and O–H groups in total. The van der Waals surface area contributed by atoms with Gasteiger partial charge in [0.2, 0.25) is 0 Å². The third-order valence-electron chi connectivity index (χ3n) is 3.18.